The number of hydrogen-bond acceptors (Lipinski definition) is 4. The Labute approximate surface area is 125 Å². The molecule has 1 N–H and O–H groups in total. The zero-order valence-corrected chi connectivity index (χ0v) is 12.9. The Bertz CT molecular complexity index is 554. The van der Waals surface area contributed by atoms with Gasteiger partial charge in [-0.05, 0) is 24.6 Å². The average molecular weight is 316 g/mol. The molecule has 0 aliphatic carbocycles. The molecule has 0 radical (unpaired) electrons. The molecule has 2 rings (SSSR count). The maximum Gasteiger partial charge on any atom is 0.213 e. The summed E-state index contributed by atoms with van der Waals surface area (Å²) in [7, 11) is -3.13. The molecule has 1 unspecified atom stereocenters. The maximum absolute atomic E-state index is 12.8. The zero-order valence-electron chi connectivity index (χ0n) is 12.1. The van der Waals surface area contributed by atoms with E-state index < -0.39 is 16.1 Å². The van der Waals surface area contributed by atoms with Crippen LogP contribution >= 0.6 is 0 Å². The molecule has 7 heteroatoms. The lowest BCUT2D eigenvalue weighted by Gasteiger charge is -2.34. The third kappa shape index (κ3) is 4.23. The molecule has 1 aliphatic rings. The first-order valence-corrected chi connectivity index (χ1v) is 8.67. The van der Waals surface area contributed by atoms with Gasteiger partial charge in [-0.15, -0.1) is 0 Å². The van der Waals surface area contributed by atoms with Gasteiger partial charge in [-0.1, -0.05) is 12.1 Å². The van der Waals surface area contributed by atoms with Crippen molar-refractivity contribution in [3.63, 3.8) is 0 Å². The van der Waals surface area contributed by atoms with E-state index in [-0.39, 0.29) is 11.6 Å². The van der Waals surface area contributed by atoms with Gasteiger partial charge in [-0.25, -0.2) is 12.8 Å². The van der Waals surface area contributed by atoms with E-state index in [0.29, 0.717) is 38.3 Å². The van der Waals surface area contributed by atoms with Gasteiger partial charge in [0.05, 0.1) is 11.9 Å². The van der Waals surface area contributed by atoms with Crippen molar-refractivity contribution in [3.8, 4) is 0 Å². The largest absolute Gasteiger partial charge is 0.387 e. The quantitative estimate of drug-likeness (QED) is 0.874. The number of sulfonamides is 1. The smallest absolute Gasteiger partial charge is 0.213 e. The van der Waals surface area contributed by atoms with Crippen LogP contribution in [0.15, 0.2) is 24.3 Å². The van der Waals surface area contributed by atoms with Crippen LogP contribution in [0.3, 0.4) is 0 Å². The third-order valence-corrected chi connectivity index (χ3v) is 5.66. The third-order valence-electron chi connectivity index (χ3n) is 3.78. The van der Waals surface area contributed by atoms with Crippen LogP contribution in [-0.4, -0.2) is 61.2 Å². The van der Waals surface area contributed by atoms with Crippen molar-refractivity contribution in [2.75, 3.05) is 38.5 Å². The van der Waals surface area contributed by atoms with E-state index in [0.717, 1.165) is 0 Å². The molecule has 0 amide bonds. The molecular formula is C14H21FN2O3S. The van der Waals surface area contributed by atoms with Crippen LogP contribution < -0.4 is 0 Å². The van der Waals surface area contributed by atoms with Crippen molar-refractivity contribution >= 4 is 10.0 Å². The van der Waals surface area contributed by atoms with Gasteiger partial charge in [0.25, 0.3) is 0 Å². The van der Waals surface area contributed by atoms with Crippen LogP contribution in [0.4, 0.5) is 4.39 Å². The number of halogens is 1. The molecule has 118 valence electrons. The van der Waals surface area contributed by atoms with Crippen LogP contribution in [0, 0.1) is 5.82 Å². The molecule has 21 heavy (non-hydrogen) atoms. The SMILES string of the molecule is CCS(=O)(=O)N1CCN(CC(O)c2ccc(F)cc2)CC1. The summed E-state index contributed by atoms with van der Waals surface area (Å²) < 4.78 is 37.9. The zero-order chi connectivity index (χ0) is 15.5. The minimum atomic E-state index is -3.13. The average Bonchev–Trinajstić information content (AvgIpc) is 2.48. The van der Waals surface area contributed by atoms with Gasteiger partial charge in [0.15, 0.2) is 0 Å². The Morgan fingerprint density at radius 1 is 1.19 bits per heavy atom. The molecule has 0 saturated carbocycles. The van der Waals surface area contributed by atoms with Crippen molar-refractivity contribution in [1.82, 2.24) is 9.21 Å². The number of β-amino-alcohol motifs (C(OH)–C–C–N with tert-alkyl or cyclic N) is 1. The summed E-state index contributed by atoms with van der Waals surface area (Å²) in [6, 6.07) is 5.78. The summed E-state index contributed by atoms with van der Waals surface area (Å²) in [5.74, 6) is -0.213. The predicted octanol–water partition coefficient (Wildman–Crippen LogP) is 0.826. The monoisotopic (exact) mass is 316 g/mol. The van der Waals surface area contributed by atoms with Crippen molar-refractivity contribution in [2.45, 2.75) is 13.0 Å². The molecule has 1 aliphatic heterocycles. The summed E-state index contributed by atoms with van der Waals surface area (Å²) in [4.78, 5) is 2.02. The highest BCUT2D eigenvalue weighted by atomic mass is 32.2. The van der Waals surface area contributed by atoms with Crippen LogP contribution in [0.2, 0.25) is 0 Å². The van der Waals surface area contributed by atoms with Gasteiger partial charge in [-0.3, -0.25) is 4.90 Å². The first-order chi connectivity index (χ1) is 9.92. The molecule has 1 heterocycles. The molecule has 1 saturated heterocycles. The first-order valence-electron chi connectivity index (χ1n) is 7.06. The van der Waals surface area contributed by atoms with Crippen LogP contribution in [0.1, 0.15) is 18.6 Å². The molecule has 0 bridgehead atoms. The Morgan fingerprint density at radius 3 is 2.29 bits per heavy atom. The topological polar surface area (TPSA) is 60.9 Å². The van der Waals surface area contributed by atoms with E-state index in [1.54, 1.807) is 19.1 Å². The highest BCUT2D eigenvalue weighted by Gasteiger charge is 2.26. The van der Waals surface area contributed by atoms with Gasteiger partial charge in [0, 0.05) is 32.7 Å². The summed E-state index contributed by atoms with van der Waals surface area (Å²) in [6.07, 6.45) is -0.695. The lowest BCUT2D eigenvalue weighted by molar-refractivity contribution is 0.0921. The van der Waals surface area contributed by atoms with Crippen molar-refractivity contribution in [1.29, 1.82) is 0 Å². The van der Waals surface area contributed by atoms with Crippen LogP contribution in [0.5, 0.6) is 0 Å². The standard InChI is InChI=1S/C14H21FN2O3S/c1-2-21(19,20)17-9-7-16(8-10-17)11-14(18)12-3-5-13(15)6-4-12/h3-6,14,18H,2,7-11H2,1H3. The molecule has 0 spiro atoms. The molecular weight excluding hydrogens is 295 g/mol. The van der Waals surface area contributed by atoms with E-state index in [2.05, 4.69) is 0 Å². The van der Waals surface area contributed by atoms with E-state index in [9.17, 15) is 17.9 Å². The highest BCUT2D eigenvalue weighted by molar-refractivity contribution is 7.89. The van der Waals surface area contributed by atoms with Crippen molar-refractivity contribution in [3.05, 3.63) is 35.6 Å². The van der Waals surface area contributed by atoms with Crippen molar-refractivity contribution < 1.29 is 17.9 Å². The molecule has 1 fully saturated rings. The van der Waals surface area contributed by atoms with E-state index in [4.69, 9.17) is 0 Å². The fourth-order valence-corrected chi connectivity index (χ4v) is 3.49. The van der Waals surface area contributed by atoms with Crippen LogP contribution in [0.25, 0.3) is 0 Å². The number of nitrogens with zero attached hydrogens (tertiary/aromatic N) is 2. The molecule has 0 aromatic heterocycles. The van der Waals surface area contributed by atoms with Gasteiger partial charge in [0.2, 0.25) is 10.0 Å². The first kappa shape index (κ1) is 16.4. The van der Waals surface area contributed by atoms with Gasteiger partial charge >= 0.3 is 0 Å². The van der Waals surface area contributed by atoms with Crippen molar-refractivity contribution in [2.24, 2.45) is 0 Å². The van der Waals surface area contributed by atoms with E-state index >= 15 is 0 Å². The maximum atomic E-state index is 12.8. The minimum absolute atomic E-state index is 0.116. The Balaban J connectivity index is 1.87. The number of hydrogen-bond donors (Lipinski definition) is 1. The number of piperazine rings is 1. The molecule has 1 aromatic carbocycles. The fourth-order valence-electron chi connectivity index (χ4n) is 2.41. The Kier molecular flexibility index (Phi) is 5.32. The normalized spacial score (nSPS) is 19.6. The Hall–Kier alpha value is -1.02. The fraction of sp³-hybridized carbons (Fsp3) is 0.571. The summed E-state index contributed by atoms with van der Waals surface area (Å²) in [5, 5.41) is 10.1. The molecule has 1 atom stereocenters. The van der Waals surface area contributed by atoms with Gasteiger partial charge < -0.3 is 5.11 Å². The summed E-state index contributed by atoms with van der Waals surface area (Å²) in [5.41, 5.74) is 0.667. The second-order valence-electron chi connectivity index (χ2n) is 5.17. The highest BCUT2D eigenvalue weighted by Crippen LogP contribution is 2.16. The predicted molar refractivity (Wildman–Crippen MR) is 78.8 cm³/mol. The lowest BCUT2D eigenvalue weighted by Crippen LogP contribution is -2.49. The number of rotatable bonds is 5. The summed E-state index contributed by atoms with van der Waals surface area (Å²) >= 11 is 0. The number of aliphatic hydroxyl groups excluding tert-OH is 1. The van der Waals surface area contributed by atoms with Gasteiger partial charge in [-0.2, -0.15) is 4.31 Å². The second-order valence-corrected chi connectivity index (χ2v) is 7.43. The number of aliphatic hydroxyl groups is 1. The summed E-state index contributed by atoms with van der Waals surface area (Å²) in [6.45, 7) is 4.15. The van der Waals surface area contributed by atoms with Gasteiger partial charge in [0.1, 0.15) is 5.82 Å². The van der Waals surface area contributed by atoms with Crippen LogP contribution in [-0.2, 0) is 10.0 Å². The Morgan fingerprint density at radius 2 is 1.76 bits per heavy atom. The molecule has 1 aromatic rings. The molecule has 5 nitrogen and oxygen atoms in total. The van der Waals surface area contributed by atoms with E-state index in [1.165, 1.54) is 16.4 Å². The minimum Gasteiger partial charge on any atom is -0.387 e. The lowest BCUT2D eigenvalue weighted by atomic mass is 10.1. The second kappa shape index (κ2) is 6.83. The number of benzene rings is 1. The van der Waals surface area contributed by atoms with E-state index in [1.807, 2.05) is 4.90 Å².